The van der Waals surface area contributed by atoms with Crippen molar-refractivity contribution in [2.75, 3.05) is 38.1 Å². The Hall–Kier alpha value is -3.98. The number of carbonyl (C=O) groups is 1. The molecular weight excluding hydrogens is 490 g/mol. The molecule has 1 aliphatic heterocycles. The van der Waals surface area contributed by atoms with Gasteiger partial charge in [-0.2, -0.15) is 5.10 Å². The molecule has 0 saturated carbocycles. The Balaban J connectivity index is 1.51. The minimum Gasteiger partial charge on any atom is -0.354 e. The number of pyridine rings is 2. The number of nitrogens with one attached hydrogen (secondary N) is 2. The SMILES string of the molecule is Cc1cc(C)c(CNC(=O)c2cc(-c3ccc(N4CCN(C)CC4)nc3)cc3c2c(C)nn3C(C)C)c(=O)[nH]1. The molecule has 1 saturated heterocycles. The van der Waals surface area contributed by atoms with Crippen LogP contribution in [-0.4, -0.2) is 63.8 Å². The number of anilines is 1. The van der Waals surface area contributed by atoms with Gasteiger partial charge in [0.1, 0.15) is 5.82 Å². The van der Waals surface area contributed by atoms with Crippen LogP contribution in [0.25, 0.3) is 22.0 Å². The van der Waals surface area contributed by atoms with Gasteiger partial charge in [0, 0.05) is 67.2 Å². The van der Waals surface area contributed by atoms with Crippen LogP contribution in [0.1, 0.15) is 52.8 Å². The van der Waals surface area contributed by atoms with E-state index in [-0.39, 0.29) is 24.1 Å². The Morgan fingerprint density at radius 2 is 1.79 bits per heavy atom. The van der Waals surface area contributed by atoms with E-state index >= 15 is 0 Å². The highest BCUT2D eigenvalue weighted by atomic mass is 16.1. The third-order valence-electron chi connectivity index (χ3n) is 7.55. The molecule has 204 valence electrons. The van der Waals surface area contributed by atoms with Gasteiger partial charge in [0.25, 0.3) is 11.5 Å². The highest BCUT2D eigenvalue weighted by Gasteiger charge is 2.21. The lowest BCUT2D eigenvalue weighted by Gasteiger charge is -2.33. The molecule has 3 aromatic heterocycles. The molecule has 0 radical (unpaired) electrons. The summed E-state index contributed by atoms with van der Waals surface area (Å²) in [4.78, 5) is 38.4. The van der Waals surface area contributed by atoms with E-state index < -0.39 is 0 Å². The number of aromatic amines is 1. The lowest BCUT2D eigenvalue weighted by atomic mass is 9.99. The number of piperazine rings is 1. The molecule has 0 aliphatic carbocycles. The number of carbonyl (C=O) groups excluding carboxylic acids is 1. The van der Waals surface area contributed by atoms with E-state index in [0.29, 0.717) is 11.1 Å². The molecule has 4 heterocycles. The van der Waals surface area contributed by atoms with Crippen molar-refractivity contribution in [2.24, 2.45) is 0 Å². The number of benzene rings is 1. The van der Waals surface area contributed by atoms with Crippen LogP contribution in [0.3, 0.4) is 0 Å². The predicted octanol–water partition coefficient (Wildman–Crippen LogP) is 3.97. The summed E-state index contributed by atoms with van der Waals surface area (Å²) < 4.78 is 1.96. The fraction of sp³-hybridized carbons (Fsp3) is 0.400. The molecule has 0 atom stereocenters. The first kappa shape index (κ1) is 26.6. The summed E-state index contributed by atoms with van der Waals surface area (Å²) in [5.74, 6) is 0.724. The highest BCUT2D eigenvalue weighted by Crippen LogP contribution is 2.32. The molecule has 0 unspecified atom stereocenters. The average Bonchev–Trinajstić information content (AvgIpc) is 3.24. The number of hydrogen-bond donors (Lipinski definition) is 2. The average molecular weight is 528 g/mol. The Morgan fingerprint density at radius 1 is 1.05 bits per heavy atom. The number of likely N-dealkylation sites (N-methyl/N-ethyl adjacent to an activating group) is 1. The van der Waals surface area contributed by atoms with E-state index in [2.05, 4.69) is 59.2 Å². The van der Waals surface area contributed by atoms with Crippen molar-refractivity contribution in [3.05, 3.63) is 75.0 Å². The topological polar surface area (TPSA) is 99.2 Å². The van der Waals surface area contributed by atoms with Gasteiger partial charge in [0.05, 0.1) is 16.8 Å². The maximum atomic E-state index is 13.6. The summed E-state index contributed by atoms with van der Waals surface area (Å²) in [6.45, 7) is 13.9. The first-order valence-electron chi connectivity index (χ1n) is 13.5. The number of hydrogen-bond acceptors (Lipinski definition) is 6. The van der Waals surface area contributed by atoms with E-state index in [0.717, 1.165) is 71.0 Å². The zero-order chi connectivity index (χ0) is 27.8. The molecule has 1 fully saturated rings. The quantitative estimate of drug-likeness (QED) is 0.394. The second-order valence-corrected chi connectivity index (χ2v) is 10.9. The summed E-state index contributed by atoms with van der Waals surface area (Å²) in [6, 6.07) is 10.2. The highest BCUT2D eigenvalue weighted by molar-refractivity contribution is 6.09. The fourth-order valence-corrected chi connectivity index (χ4v) is 5.34. The van der Waals surface area contributed by atoms with Crippen LogP contribution in [0.15, 0.2) is 41.3 Å². The van der Waals surface area contributed by atoms with Crippen LogP contribution in [-0.2, 0) is 6.54 Å². The molecule has 5 rings (SSSR count). The normalized spacial score (nSPS) is 14.4. The third-order valence-corrected chi connectivity index (χ3v) is 7.55. The van der Waals surface area contributed by atoms with Crippen molar-refractivity contribution in [3.8, 4) is 11.1 Å². The van der Waals surface area contributed by atoms with Crippen LogP contribution >= 0.6 is 0 Å². The van der Waals surface area contributed by atoms with Gasteiger partial charge in [0.15, 0.2) is 0 Å². The summed E-state index contributed by atoms with van der Waals surface area (Å²) in [5.41, 5.74) is 6.09. The number of rotatable bonds is 6. The molecule has 1 aromatic carbocycles. The number of aryl methyl sites for hydroxylation is 3. The van der Waals surface area contributed by atoms with Crippen LogP contribution in [0.2, 0.25) is 0 Å². The molecular formula is C30H37N7O2. The Morgan fingerprint density at radius 3 is 2.44 bits per heavy atom. The van der Waals surface area contributed by atoms with Gasteiger partial charge in [-0.3, -0.25) is 14.3 Å². The van der Waals surface area contributed by atoms with E-state index in [1.807, 2.05) is 43.8 Å². The van der Waals surface area contributed by atoms with Crippen LogP contribution < -0.4 is 15.8 Å². The van der Waals surface area contributed by atoms with Crippen molar-refractivity contribution in [3.63, 3.8) is 0 Å². The molecule has 39 heavy (non-hydrogen) atoms. The maximum Gasteiger partial charge on any atom is 0.253 e. The van der Waals surface area contributed by atoms with Crippen molar-refractivity contribution in [1.29, 1.82) is 0 Å². The molecule has 9 nitrogen and oxygen atoms in total. The summed E-state index contributed by atoms with van der Waals surface area (Å²) in [6.07, 6.45) is 1.88. The number of H-pyrrole nitrogens is 1. The number of nitrogens with zero attached hydrogens (tertiary/aromatic N) is 5. The zero-order valence-electron chi connectivity index (χ0n) is 23.6. The Kier molecular flexibility index (Phi) is 7.27. The number of amides is 1. The molecule has 4 aromatic rings. The van der Waals surface area contributed by atoms with Crippen LogP contribution in [0, 0.1) is 20.8 Å². The standard InChI is InChI=1S/C30H37N7O2/c1-18(2)37-26-15-23(22-7-8-27(31-16-22)36-11-9-35(6)10-12-36)14-24(28(26)21(5)34-37)29(38)32-17-25-19(3)13-20(4)33-30(25)39/h7-8,13-16,18H,9-12,17H2,1-6H3,(H,32,38)(H,33,39). The van der Waals surface area contributed by atoms with Crippen molar-refractivity contribution < 1.29 is 4.79 Å². The first-order chi connectivity index (χ1) is 18.6. The number of fused-ring (bicyclic) bond motifs is 1. The molecule has 2 N–H and O–H groups in total. The fourth-order valence-electron chi connectivity index (χ4n) is 5.34. The van der Waals surface area contributed by atoms with E-state index in [1.54, 1.807) is 0 Å². The zero-order valence-corrected chi connectivity index (χ0v) is 23.6. The molecule has 1 amide bonds. The predicted molar refractivity (Wildman–Crippen MR) is 156 cm³/mol. The van der Waals surface area contributed by atoms with E-state index in [4.69, 9.17) is 10.1 Å². The summed E-state index contributed by atoms with van der Waals surface area (Å²) in [7, 11) is 2.14. The van der Waals surface area contributed by atoms with Crippen molar-refractivity contribution >= 4 is 22.6 Å². The van der Waals surface area contributed by atoms with Gasteiger partial charge < -0.3 is 20.1 Å². The molecule has 0 spiro atoms. The largest absolute Gasteiger partial charge is 0.354 e. The Bertz CT molecular complexity index is 1580. The molecule has 1 aliphatic rings. The monoisotopic (exact) mass is 527 g/mol. The smallest absolute Gasteiger partial charge is 0.253 e. The van der Waals surface area contributed by atoms with Gasteiger partial charge in [0.2, 0.25) is 0 Å². The van der Waals surface area contributed by atoms with Gasteiger partial charge in [-0.05, 0) is 83.1 Å². The second kappa shape index (κ2) is 10.6. The maximum absolute atomic E-state index is 13.6. The lowest BCUT2D eigenvalue weighted by Crippen LogP contribution is -2.44. The first-order valence-corrected chi connectivity index (χ1v) is 13.5. The minimum atomic E-state index is -0.241. The minimum absolute atomic E-state index is 0.124. The van der Waals surface area contributed by atoms with Gasteiger partial charge >= 0.3 is 0 Å². The summed E-state index contributed by atoms with van der Waals surface area (Å²) in [5, 5.41) is 8.57. The molecule has 9 heteroatoms. The van der Waals surface area contributed by atoms with Crippen LogP contribution in [0.4, 0.5) is 5.82 Å². The van der Waals surface area contributed by atoms with Crippen LogP contribution in [0.5, 0.6) is 0 Å². The third kappa shape index (κ3) is 5.31. The van der Waals surface area contributed by atoms with Gasteiger partial charge in [-0.25, -0.2) is 4.98 Å². The Labute approximate surface area is 228 Å². The number of aromatic nitrogens is 4. The van der Waals surface area contributed by atoms with Gasteiger partial charge in [-0.15, -0.1) is 0 Å². The van der Waals surface area contributed by atoms with E-state index in [9.17, 15) is 9.59 Å². The molecule has 0 bridgehead atoms. The van der Waals surface area contributed by atoms with Gasteiger partial charge in [-0.1, -0.05) is 0 Å². The van der Waals surface area contributed by atoms with Crippen molar-refractivity contribution in [1.82, 2.24) is 30.0 Å². The second-order valence-electron chi connectivity index (χ2n) is 10.9. The lowest BCUT2D eigenvalue weighted by molar-refractivity contribution is 0.0952. The van der Waals surface area contributed by atoms with Crippen molar-refractivity contribution in [2.45, 2.75) is 47.2 Å². The van der Waals surface area contributed by atoms with E-state index in [1.165, 1.54) is 0 Å². The summed E-state index contributed by atoms with van der Waals surface area (Å²) >= 11 is 0.